The molecule has 2 unspecified atom stereocenters. The Labute approximate surface area is 63.3 Å². The molecule has 1 nitrogen and oxygen atoms in total. The van der Waals surface area contributed by atoms with Crippen LogP contribution in [0.25, 0.3) is 0 Å². The van der Waals surface area contributed by atoms with Crippen molar-refractivity contribution in [3.8, 4) is 0 Å². The number of nitrogens with two attached hydrogens (primary N) is 1. The molecule has 1 fully saturated rings. The first-order valence-electron chi connectivity index (χ1n) is 4.03. The summed E-state index contributed by atoms with van der Waals surface area (Å²) in [5, 5.41) is 0. The van der Waals surface area contributed by atoms with Gasteiger partial charge in [0.05, 0.1) is 0 Å². The molecule has 0 bridgehead atoms. The van der Waals surface area contributed by atoms with Gasteiger partial charge in [0, 0.05) is 6.04 Å². The Morgan fingerprint density at radius 1 is 1.50 bits per heavy atom. The van der Waals surface area contributed by atoms with Gasteiger partial charge in [-0.05, 0) is 17.8 Å². The summed E-state index contributed by atoms with van der Waals surface area (Å²) >= 11 is 0. The third kappa shape index (κ3) is 1.10. The highest BCUT2D eigenvalue weighted by Gasteiger charge is 2.53. The Hall–Kier alpha value is -0.300. The zero-order valence-corrected chi connectivity index (χ0v) is 7.09. The van der Waals surface area contributed by atoms with Crippen LogP contribution in [0.5, 0.6) is 0 Å². The lowest BCUT2D eigenvalue weighted by Crippen LogP contribution is -2.06. The minimum atomic E-state index is 0.367. The van der Waals surface area contributed by atoms with Crippen LogP contribution < -0.4 is 5.73 Å². The summed E-state index contributed by atoms with van der Waals surface area (Å²) in [6.45, 7) is 6.60. The summed E-state index contributed by atoms with van der Waals surface area (Å²) in [5.74, 6) is 0.632. The molecule has 2 atom stereocenters. The van der Waals surface area contributed by atoms with Gasteiger partial charge in [-0.25, -0.2) is 0 Å². The zero-order chi connectivity index (χ0) is 7.78. The number of rotatable bonds is 2. The van der Waals surface area contributed by atoms with E-state index in [-0.39, 0.29) is 0 Å². The fourth-order valence-electron chi connectivity index (χ4n) is 1.37. The second kappa shape index (κ2) is 2.39. The highest BCUT2D eigenvalue weighted by atomic mass is 14.8. The summed E-state index contributed by atoms with van der Waals surface area (Å²) < 4.78 is 0. The van der Waals surface area contributed by atoms with Crippen molar-refractivity contribution < 1.29 is 0 Å². The molecular weight excluding hydrogens is 122 g/mol. The lowest BCUT2D eigenvalue weighted by molar-refractivity contribution is 0.591. The van der Waals surface area contributed by atoms with Crippen LogP contribution in [-0.4, -0.2) is 6.04 Å². The van der Waals surface area contributed by atoms with Crippen molar-refractivity contribution in [2.45, 2.75) is 33.2 Å². The van der Waals surface area contributed by atoms with E-state index in [0.717, 1.165) is 6.42 Å². The molecule has 0 aromatic rings. The van der Waals surface area contributed by atoms with Crippen LogP contribution in [0.15, 0.2) is 12.2 Å². The minimum Gasteiger partial charge on any atom is -0.327 e. The van der Waals surface area contributed by atoms with E-state index in [2.05, 4.69) is 32.9 Å². The average Bonchev–Trinajstić information content (AvgIpc) is 2.31. The van der Waals surface area contributed by atoms with Crippen LogP contribution >= 0.6 is 0 Å². The molecule has 1 rings (SSSR count). The van der Waals surface area contributed by atoms with E-state index in [4.69, 9.17) is 5.73 Å². The van der Waals surface area contributed by atoms with Crippen molar-refractivity contribution in [1.29, 1.82) is 0 Å². The van der Waals surface area contributed by atoms with Gasteiger partial charge in [0.2, 0.25) is 0 Å². The molecular formula is C9H17N. The SMILES string of the molecule is CC/C=C/C1C(N)C1(C)C. The van der Waals surface area contributed by atoms with Crippen molar-refractivity contribution in [3.63, 3.8) is 0 Å². The predicted molar refractivity (Wildman–Crippen MR) is 44.7 cm³/mol. The fraction of sp³-hybridized carbons (Fsp3) is 0.778. The lowest BCUT2D eigenvalue weighted by atomic mass is 10.1. The standard InChI is InChI=1S/C9H17N/c1-4-5-6-7-8(10)9(7,2)3/h5-8H,4,10H2,1-3H3/b6-5+. The van der Waals surface area contributed by atoms with Crippen molar-refractivity contribution in [1.82, 2.24) is 0 Å². The number of allylic oxidation sites excluding steroid dienone is 1. The van der Waals surface area contributed by atoms with Gasteiger partial charge in [-0.15, -0.1) is 0 Å². The van der Waals surface area contributed by atoms with E-state index >= 15 is 0 Å². The molecule has 0 aliphatic heterocycles. The lowest BCUT2D eigenvalue weighted by Gasteiger charge is -1.95. The normalized spacial score (nSPS) is 36.8. The van der Waals surface area contributed by atoms with E-state index in [9.17, 15) is 0 Å². The molecule has 0 amide bonds. The maximum Gasteiger partial charge on any atom is 0.0165 e. The largest absolute Gasteiger partial charge is 0.327 e. The van der Waals surface area contributed by atoms with Crippen molar-refractivity contribution in [2.24, 2.45) is 17.1 Å². The molecule has 1 aliphatic carbocycles. The van der Waals surface area contributed by atoms with Gasteiger partial charge >= 0.3 is 0 Å². The van der Waals surface area contributed by atoms with Gasteiger partial charge in [0.15, 0.2) is 0 Å². The quantitative estimate of drug-likeness (QED) is 0.581. The van der Waals surface area contributed by atoms with Crippen LogP contribution in [0, 0.1) is 11.3 Å². The molecule has 0 saturated heterocycles. The molecule has 58 valence electrons. The van der Waals surface area contributed by atoms with Crippen LogP contribution in [0.4, 0.5) is 0 Å². The van der Waals surface area contributed by atoms with Gasteiger partial charge in [-0.1, -0.05) is 32.9 Å². The summed E-state index contributed by atoms with van der Waals surface area (Å²) in [5.41, 5.74) is 6.20. The zero-order valence-electron chi connectivity index (χ0n) is 7.09. The van der Waals surface area contributed by atoms with E-state index in [1.165, 1.54) is 0 Å². The highest BCUT2D eigenvalue weighted by Crippen LogP contribution is 2.51. The molecule has 1 heteroatoms. The third-order valence-electron chi connectivity index (χ3n) is 2.58. The van der Waals surface area contributed by atoms with Gasteiger partial charge in [-0.3, -0.25) is 0 Å². The van der Waals surface area contributed by atoms with E-state index in [0.29, 0.717) is 17.4 Å². The maximum absolute atomic E-state index is 5.83. The molecule has 0 aromatic heterocycles. The highest BCUT2D eigenvalue weighted by molar-refractivity contribution is 5.17. The second-order valence-corrected chi connectivity index (χ2v) is 3.71. The molecule has 1 saturated carbocycles. The predicted octanol–water partition coefficient (Wildman–Crippen LogP) is 1.94. The van der Waals surface area contributed by atoms with Gasteiger partial charge in [-0.2, -0.15) is 0 Å². The Morgan fingerprint density at radius 3 is 2.30 bits per heavy atom. The molecule has 0 spiro atoms. The first-order valence-corrected chi connectivity index (χ1v) is 4.03. The Bertz CT molecular complexity index is 147. The van der Waals surface area contributed by atoms with Gasteiger partial charge in [0.25, 0.3) is 0 Å². The molecule has 0 radical (unpaired) electrons. The molecule has 1 aliphatic rings. The summed E-state index contributed by atoms with van der Waals surface area (Å²) in [7, 11) is 0. The average molecular weight is 139 g/mol. The third-order valence-corrected chi connectivity index (χ3v) is 2.58. The molecule has 10 heavy (non-hydrogen) atoms. The topological polar surface area (TPSA) is 26.0 Å². The fourth-order valence-corrected chi connectivity index (χ4v) is 1.37. The number of hydrogen-bond acceptors (Lipinski definition) is 1. The smallest absolute Gasteiger partial charge is 0.0165 e. The first kappa shape index (κ1) is 7.80. The van der Waals surface area contributed by atoms with Gasteiger partial charge in [0.1, 0.15) is 0 Å². The summed E-state index contributed by atoms with van der Waals surface area (Å²) in [6, 6.07) is 0.398. The van der Waals surface area contributed by atoms with Crippen LogP contribution in [-0.2, 0) is 0 Å². The van der Waals surface area contributed by atoms with E-state index in [1.807, 2.05) is 0 Å². The maximum atomic E-state index is 5.83. The second-order valence-electron chi connectivity index (χ2n) is 3.71. The van der Waals surface area contributed by atoms with Crippen LogP contribution in [0.3, 0.4) is 0 Å². The van der Waals surface area contributed by atoms with Crippen molar-refractivity contribution >= 4 is 0 Å². The van der Waals surface area contributed by atoms with Crippen LogP contribution in [0.1, 0.15) is 27.2 Å². The Morgan fingerprint density at radius 2 is 2.00 bits per heavy atom. The molecule has 0 aromatic carbocycles. The van der Waals surface area contributed by atoms with Gasteiger partial charge < -0.3 is 5.73 Å². The van der Waals surface area contributed by atoms with E-state index in [1.54, 1.807) is 0 Å². The van der Waals surface area contributed by atoms with Crippen molar-refractivity contribution in [2.75, 3.05) is 0 Å². The molecule has 2 N–H and O–H groups in total. The van der Waals surface area contributed by atoms with Crippen molar-refractivity contribution in [3.05, 3.63) is 12.2 Å². The Kier molecular flexibility index (Phi) is 1.86. The summed E-state index contributed by atoms with van der Waals surface area (Å²) in [4.78, 5) is 0. The molecule has 0 heterocycles. The minimum absolute atomic E-state index is 0.367. The Balaban J connectivity index is 2.42. The van der Waals surface area contributed by atoms with Crippen LogP contribution in [0.2, 0.25) is 0 Å². The summed E-state index contributed by atoms with van der Waals surface area (Å²) in [6.07, 6.45) is 5.59. The number of hydrogen-bond donors (Lipinski definition) is 1. The van der Waals surface area contributed by atoms with E-state index < -0.39 is 0 Å². The monoisotopic (exact) mass is 139 g/mol. The first-order chi connectivity index (χ1) is 4.60.